The summed E-state index contributed by atoms with van der Waals surface area (Å²) in [5.74, 6) is 0.107. The van der Waals surface area contributed by atoms with Gasteiger partial charge in [-0.2, -0.15) is 0 Å². The zero-order valence-corrected chi connectivity index (χ0v) is 11.7. The average molecular weight is 252 g/mol. The largest absolute Gasteiger partial charge is 0.342 e. The van der Waals surface area contributed by atoms with E-state index in [1.165, 1.54) is 12.8 Å². The molecule has 1 aliphatic carbocycles. The first-order valence-corrected chi connectivity index (χ1v) is 7.11. The van der Waals surface area contributed by atoms with Gasteiger partial charge in [-0.05, 0) is 33.1 Å². The molecule has 102 valence electrons. The fourth-order valence-corrected chi connectivity index (χ4v) is 3.21. The molecule has 1 N–H and O–H groups in total. The highest BCUT2D eigenvalue weighted by atomic mass is 16.2. The van der Waals surface area contributed by atoms with Crippen LogP contribution in [0.2, 0.25) is 0 Å². The van der Waals surface area contributed by atoms with Gasteiger partial charge in [-0.1, -0.05) is 19.8 Å². The van der Waals surface area contributed by atoms with Crippen molar-refractivity contribution < 1.29 is 9.59 Å². The Morgan fingerprint density at radius 1 is 1.33 bits per heavy atom. The Balaban J connectivity index is 2.29. The van der Waals surface area contributed by atoms with E-state index in [2.05, 4.69) is 5.32 Å². The molecule has 0 aromatic rings. The number of hydrogen-bond acceptors (Lipinski definition) is 2. The first-order chi connectivity index (χ1) is 8.48. The van der Waals surface area contributed by atoms with Crippen molar-refractivity contribution >= 4 is 11.8 Å². The minimum absolute atomic E-state index is 0.000645. The third-order valence-electron chi connectivity index (χ3n) is 4.50. The number of carbonyl (C=O) groups excluding carboxylic acids is 2. The van der Waals surface area contributed by atoms with Gasteiger partial charge in [-0.3, -0.25) is 9.59 Å². The number of hydrogen-bond donors (Lipinski definition) is 1. The van der Waals surface area contributed by atoms with Crippen LogP contribution in [0.25, 0.3) is 0 Å². The molecule has 2 amide bonds. The SMILES string of the molecule is CCC1(C)NC(=O)CC(C)N(C2CCCC2)C1=O. The second kappa shape index (κ2) is 4.90. The molecule has 0 aromatic carbocycles. The van der Waals surface area contributed by atoms with Crippen LogP contribution >= 0.6 is 0 Å². The maximum absolute atomic E-state index is 12.8. The lowest BCUT2D eigenvalue weighted by Crippen LogP contribution is -2.57. The lowest BCUT2D eigenvalue weighted by atomic mass is 9.96. The monoisotopic (exact) mass is 252 g/mol. The molecule has 2 unspecified atom stereocenters. The predicted molar refractivity (Wildman–Crippen MR) is 70.0 cm³/mol. The van der Waals surface area contributed by atoms with Gasteiger partial charge in [0, 0.05) is 18.5 Å². The van der Waals surface area contributed by atoms with Crippen LogP contribution in [0.4, 0.5) is 0 Å². The summed E-state index contributed by atoms with van der Waals surface area (Å²) in [6.07, 6.45) is 5.65. The summed E-state index contributed by atoms with van der Waals surface area (Å²) in [6.45, 7) is 5.81. The van der Waals surface area contributed by atoms with Crippen molar-refractivity contribution in [1.29, 1.82) is 0 Å². The minimum atomic E-state index is -0.718. The number of rotatable bonds is 2. The topological polar surface area (TPSA) is 49.4 Å². The summed E-state index contributed by atoms with van der Waals surface area (Å²) in [7, 11) is 0. The van der Waals surface area contributed by atoms with E-state index in [0.29, 0.717) is 18.9 Å². The average Bonchev–Trinajstić information content (AvgIpc) is 2.79. The molecule has 2 aliphatic rings. The highest BCUT2D eigenvalue weighted by Crippen LogP contribution is 2.30. The third-order valence-corrected chi connectivity index (χ3v) is 4.50. The lowest BCUT2D eigenvalue weighted by Gasteiger charge is -2.37. The maximum Gasteiger partial charge on any atom is 0.248 e. The zero-order valence-electron chi connectivity index (χ0n) is 11.7. The minimum Gasteiger partial charge on any atom is -0.342 e. The Labute approximate surface area is 109 Å². The fourth-order valence-electron chi connectivity index (χ4n) is 3.21. The summed E-state index contributed by atoms with van der Waals surface area (Å²) < 4.78 is 0. The number of carbonyl (C=O) groups is 2. The first kappa shape index (κ1) is 13.4. The van der Waals surface area contributed by atoms with Crippen LogP contribution in [0.3, 0.4) is 0 Å². The zero-order chi connectivity index (χ0) is 13.3. The third kappa shape index (κ3) is 2.25. The van der Waals surface area contributed by atoms with Gasteiger partial charge in [0.15, 0.2) is 0 Å². The van der Waals surface area contributed by atoms with Gasteiger partial charge in [0.25, 0.3) is 0 Å². The summed E-state index contributed by atoms with van der Waals surface area (Å²) in [5.41, 5.74) is -0.718. The van der Waals surface area contributed by atoms with Crippen molar-refractivity contribution in [2.75, 3.05) is 0 Å². The van der Waals surface area contributed by atoms with Crippen molar-refractivity contribution in [3.8, 4) is 0 Å². The molecule has 2 fully saturated rings. The molecule has 1 heterocycles. The molecule has 0 aromatic heterocycles. The van der Waals surface area contributed by atoms with Crippen molar-refractivity contribution in [2.45, 2.75) is 76.9 Å². The summed E-state index contributed by atoms with van der Waals surface area (Å²) >= 11 is 0. The molecule has 0 radical (unpaired) electrons. The van der Waals surface area contributed by atoms with Gasteiger partial charge in [0.2, 0.25) is 11.8 Å². The standard InChI is InChI=1S/C14H24N2O2/c1-4-14(3)13(18)16(11-7-5-6-8-11)10(2)9-12(17)15-14/h10-11H,4-9H2,1-3H3,(H,15,17). The van der Waals surface area contributed by atoms with E-state index in [9.17, 15) is 9.59 Å². The van der Waals surface area contributed by atoms with Crippen LogP contribution < -0.4 is 5.32 Å². The molecule has 4 nitrogen and oxygen atoms in total. The summed E-state index contributed by atoms with van der Waals surface area (Å²) in [4.78, 5) is 26.6. The second-order valence-corrected chi connectivity index (χ2v) is 5.94. The first-order valence-electron chi connectivity index (χ1n) is 7.11. The van der Waals surface area contributed by atoms with Gasteiger partial charge >= 0.3 is 0 Å². The molecule has 2 atom stereocenters. The molecular weight excluding hydrogens is 228 g/mol. The highest BCUT2D eigenvalue weighted by Gasteiger charge is 2.44. The van der Waals surface area contributed by atoms with Crippen molar-refractivity contribution in [1.82, 2.24) is 10.2 Å². The molecular formula is C14H24N2O2. The Morgan fingerprint density at radius 2 is 1.94 bits per heavy atom. The van der Waals surface area contributed by atoms with Gasteiger partial charge in [-0.15, -0.1) is 0 Å². The fraction of sp³-hybridized carbons (Fsp3) is 0.857. The van der Waals surface area contributed by atoms with E-state index in [4.69, 9.17) is 0 Å². The van der Waals surface area contributed by atoms with Crippen LogP contribution in [-0.4, -0.2) is 34.3 Å². The van der Waals surface area contributed by atoms with Crippen LogP contribution in [0.5, 0.6) is 0 Å². The van der Waals surface area contributed by atoms with Crippen LogP contribution in [-0.2, 0) is 9.59 Å². The van der Waals surface area contributed by atoms with E-state index in [1.54, 1.807) is 0 Å². The van der Waals surface area contributed by atoms with Gasteiger partial charge < -0.3 is 10.2 Å². The number of amides is 2. The Morgan fingerprint density at radius 3 is 2.50 bits per heavy atom. The Kier molecular flexibility index (Phi) is 3.64. The van der Waals surface area contributed by atoms with E-state index in [0.717, 1.165) is 12.8 Å². The summed E-state index contributed by atoms with van der Waals surface area (Å²) in [6, 6.07) is 0.361. The van der Waals surface area contributed by atoms with E-state index in [1.807, 2.05) is 25.7 Å². The molecule has 1 saturated carbocycles. The maximum atomic E-state index is 12.8. The smallest absolute Gasteiger partial charge is 0.248 e. The van der Waals surface area contributed by atoms with E-state index in [-0.39, 0.29) is 17.9 Å². The highest BCUT2D eigenvalue weighted by molar-refractivity contribution is 5.93. The Hall–Kier alpha value is -1.06. The second-order valence-electron chi connectivity index (χ2n) is 5.94. The van der Waals surface area contributed by atoms with Crippen molar-refractivity contribution in [3.63, 3.8) is 0 Å². The number of nitrogens with one attached hydrogen (secondary N) is 1. The van der Waals surface area contributed by atoms with Crippen LogP contribution in [0, 0.1) is 0 Å². The van der Waals surface area contributed by atoms with Crippen molar-refractivity contribution in [2.24, 2.45) is 0 Å². The van der Waals surface area contributed by atoms with Gasteiger partial charge in [0.05, 0.1) is 0 Å². The quantitative estimate of drug-likeness (QED) is 0.815. The molecule has 1 aliphatic heterocycles. The molecule has 0 bridgehead atoms. The van der Waals surface area contributed by atoms with Crippen molar-refractivity contribution in [3.05, 3.63) is 0 Å². The molecule has 1 saturated heterocycles. The molecule has 4 heteroatoms. The Bertz CT molecular complexity index is 350. The lowest BCUT2D eigenvalue weighted by molar-refractivity contribution is -0.141. The van der Waals surface area contributed by atoms with Crippen LogP contribution in [0.15, 0.2) is 0 Å². The van der Waals surface area contributed by atoms with Gasteiger partial charge in [0.1, 0.15) is 5.54 Å². The summed E-state index contributed by atoms with van der Waals surface area (Å²) in [5, 5.41) is 2.91. The van der Waals surface area contributed by atoms with Gasteiger partial charge in [-0.25, -0.2) is 0 Å². The predicted octanol–water partition coefficient (Wildman–Crippen LogP) is 1.83. The molecule has 18 heavy (non-hydrogen) atoms. The molecule has 0 spiro atoms. The number of nitrogens with zero attached hydrogens (tertiary/aromatic N) is 1. The molecule has 2 rings (SSSR count). The van der Waals surface area contributed by atoms with Crippen LogP contribution in [0.1, 0.15) is 59.3 Å². The van der Waals surface area contributed by atoms with E-state index >= 15 is 0 Å². The van der Waals surface area contributed by atoms with E-state index < -0.39 is 5.54 Å². The normalized spacial score (nSPS) is 34.6.